The van der Waals surface area contributed by atoms with E-state index in [0.29, 0.717) is 6.42 Å². The zero-order valence-corrected chi connectivity index (χ0v) is 14.9. The average Bonchev–Trinajstić information content (AvgIpc) is 2.85. The monoisotopic (exact) mass is 360 g/mol. The molecular formula is C14H20N2O5S2. The van der Waals surface area contributed by atoms with Gasteiger partial charge in [-0.05, 0) is 24.6 Å². The van der Waals surface area contributed by atoms with Crippen LogP contribution >= 0.6 is 0 Å². The van der Waals surface area contributed by atoms with Crippen LogP contribution in [0.4, 0.5) is 0 Å². The highest BCUT2D eigenvalue weighted by molar-refractivity contribution is 7.91. The van der Waals surface area contributed by atoms with Gasteiger partial charge in [0.2, 0.25) is 10.0 Å². The molecule has 1 amide bonds. The van der Waals surface area contributed by atoms with Crippen molar-refractivity contribution < 1.29 is 21.6 Å². The van der Waals surface area contributed by atoms with Gasteiger partial charge in [-0.2, -0.15) is 0 Å². The maximum atomic E-state index is 12.5. The van der Waals surface area contributed by atoms with Crippen LogP contribution in [-0.2, 0) is 19.9 Å². The molecule has 0 spiro atoms. The third kappa shape index (κ3) is 3.73. The molecule has 2 rings (SSSR count). The largest absolute Gasteiger partial charge is 0.338 e. The molecule has 1 aromatic carbocycles. The highest BCUT2D eigenvalue weighted by Crippen LogP contribution is 2.20. The van der Waals surface area contributed by atoms with Gasteiger partial charge in [-0.3, -0.25) is 4.79 Å². The molecule has 0 unspecified atom stereocenters. The number of carbonyl (C=O) groups is 1. The molecule has 7 nitrogen and oxygen atoms in total. The molecule has 1 saturated heterocycles. The molecule has 1 aliphatic rings. The number of benzene rings is 1. The molecule has 1 aromatic rings. The number of nitrogens with zero attached hydrogens (tertiary/aromatic N) is 2. The Hall–Kier alpha value is -1.45. The summed E-state index contributed by atoms with van der Waals surface area (Å²) >= 11 is 0. The lowest BCUT2D eigenvalue weighted by Gasteiger charge is -2.23. The second kappa shape index (κ2) is 6.21. The molecule has 128 valence electrons. The highest BCUT2D eigenvalue weighted by Gasteiger charge is 2.33. The molecule has 0 aromatic heterocycles. The fourth-order valence-corrected chi connectivity index (χ4v) is 5.17. The number of sulfone groups is 1. The lowest BCUT2D eigenvalue weighted by molar-refractivity contribution is 0.0747. The first-order valence-electron chi connectivity index (χ1n) is 7.05. The summed E-state index contributed by atoms with van der Waals surface area (Å²) in [6.07, 6.45) is 0.403. The Bertz CT molecular complexity index is 815. The van der Waals surface area contributed by atoms with E-state index in [1.54, 1.807) is 7.05 Å². The molecule has 0 radical (unpaired) electrons. The highest BCUT2D eigenvalue weighted by atomic mass is 32.2. The standard InChI is InChI=1S/C14H20N2O5S2/c1-15(2)23(20,21)13-6-4-5-11(9-13)14(17)16(3)12-7-8-22(18,19)10-12/h4-6,9,12H,7-8,10H2,1-3H3/t12-/m0/s1. The summed E-state index contributed by atoms with van der Waals surface area (Å²) in [4.78, 5) is 13.9. The van der Waals surface area contributed by atoms with Gasteiger partial charge in [0.15, 0.2) is 9.84 Å². The van der Waals surface area contributed by atoms with Gasteiger partial charge in [-0.15, -0.1) is 0 Å². The van der Waals surface area contributed by atoms with Crippen LogP contribution < -0.4 is 0 Å². The van der Waals surface area contributed by atoms with Gasteiger partial charge in [0.1, 0.15) is 0 Å². The van der Waals surface area contributed by atoms with Gasteiger partial charge in [0.25, 0.3) is 5.91 Å². The minimum Gasteiger partial charge on any atom is -0.338 e. The van der Waals surface area contributed by atoms with E-state index in [1.165, 1.54) is 43.3 Å². The van der Waals surface area contributed by atoms with E-state index in [2.05, 4.69) is 0 Å². The Kier molecular flexibility index (Phi) is 4.84. The van der Waals surface area contributed by atoms with Crippen molar-refractivity contribution in [3.8, 4) is 0 Å². The summed E-state index contributed by atoms with van der Waals surface area (Å²) in [7, 11) is -2.35. The number of hydrogen-bond donors (Lipinski definition) is 0. The Morgan fingerprint density at radius 3 is 2.39 bits per heavy atom. The maximum absolute atomic E-state index is 12.5. The summed E-state index contributed by atoms with van der Waals surface area (Å²) in [6.45, 7) is 0. The summed E-state index contributed by atoms with van der Waals surface area (Å²) in [5.41, 5.74) is 0.222. The molecule has 0 N–H and O–H groups in total. The van der Waals surface area contributed by atoms with E-state index in [0.717, 1.165) is 4.31 Å². The van der Waals surface area contributed by atoms with E-state index in [-0.39, 0.29) is 33.9 Å². The van der Waals surface area contributed by atoms with Crippen LogP contribution in [-0.4, -0.2) is 70.6 Å². The average molecular weight is 360 g/mol. The molecule has 1 fully saturated rings. The lowest BCUT2D eigenvalue weighted by Crippen LogP contribution is -2.37. The Morgan fingerprint density at radius 2 is 1.87 bits per heavy atom. The molecule has 1 aliphatic heterocycles. The van der Waals surface area contributed by atoms with Crippen LogP contribution in [0.15, 0.2) is 29.2 Å². The number of hydrogen-bond acceptors (Lipinski definition) is 5. The van der Waals surface area contributed by atoms with E-state index in [1.807, 2.05) is 0 Å². The summed E-state index contributed by atoms with van der Waals surface area (Å²) in [5.74, 6) is -0.363. The van der Waals surface area contributed by atoms with E-state index >= 15 is 0 Å². The van der Waals surface area contributed by atoms with Crippen molar-refractivity contribution in [1.82, 2.24) is 9.21 Å². The van der Waals surface area contributed by atoms with Crippen molar-refractivity contribution in [3.63, 3.8) is 0 Å². The summed E-state index contributed by atoms with van der Waals surface area (Å²) in [5, 5.41) is 0. The predicted molar refractivity (Wildman–Crippen MR) is 86.5 cm³/mol. The summed E-state index contributed by atoms with van der Waals surface area (Å²) < 4.78 is 48.4. The first-order valence-corrected chi connectivity index (χ1v) is 10.3. The van der Waals surface area contributed by atoms with Gasteiger partial charge < -0.3 is 4.90 Å². The molecule has 1 heterocycles. The molecule has 0 bridgehead atoms. The van der Waals surface area contributed by atoms with Gasteiger partial charge in [-0.25, -0.2) is 21.1 Å². The third-order valence-corrected chi connectivity index (χ3v) is 7.50. The van der Waals surface area contributed by atoms with E-state index in [9.17, 15) is 21.6 Å². The predicted octanol–water partition coefficient (Wildman–Crippen LogP) is 0.196. The molecule has 9 heteroatoms. The van der Waals surface area contributed by atoms with Crippen molar-refractivity contribution in [2.45, 2.75) is 17.4 Å². The molecular weight excluding hydrogens is 340 g/mol. The number of rotatable bonds is 4. The summed E-state index contributed by atoms with van der Waals surface area (Å²) in [6, 6.07) is 5.39. The number of amides is 1. The molecule has 23 heavy (non-hydrogen) atoms. The second-order valence-corrected chi connectivity index (χ2v) is 10.2. The molecule has 0 saturated carbocycles. The second-order valence-electron chi connectivity index (χ2n) is 5.79. The van der Waals surface area contributed by atoms with E-state index in [4.69, 9.17) is 0 Å². The fourth-order valence-electron chi connectivity index (χ4n) is 2.45. The number of sulfonamides is 1. The quantitative estimate of drug-likeness (QED) is 0.765. The normalized spacial score (nSPS) is 20.6. The maximum Gasteiger partial charge on any atom is 0.253 e. The topological polar surface area (TPSA) is 91.8 Å². The molecule has 1 atom stereocenters. The Morgan fingerprint density at radius 1 is 1.22 bits per heavy atom. The van der Waals surface area contributed by atoms with Crippen molar-refractivity contribution in [2.75, 3.05) is 32.6 Å². The van der Waals surface area contributed by atoms with Crippen LogP contribution in [0.1, 0.15) is 16.8 Å². The van der Waals surface area contributed by atoms with Gasteiger partial charge in [0, 0.05) is 32.7 Å². The van der Waals surface area contributed by atoms with Crippen LogP contribution in [0.25, 0.3) is 0 Å². The smallest absolute Gasteiger partial charge is 0.253 e. The van der Waals surface area contributed by atoms with Crippen LogP contribution in [0.2, 0.25) is 0 Å². The van der Waals surface area contributed by atoms with Crippen molar-refractivity contribution >= 4 is 25.8 Å². The van der Waals surface area contributed by atoms with Crippen molar-refractivity contribution in [2.24, 2.45) is 0 Å². The van der Waals surface area contributed by atoms with Crippen LogP contribution in [0.3, 0.4) is 0 Å². The zero-order chi connectivity index (χ0) is 17.4. The van der Waals surface area contributed by atoms with Crippen molar-refractivity contribution in [1.29, 1.82) is 0 Å². The lowest BCUT2D eigenvalue weighted by atomic mass is 10.1. The van der Waals surface area contributed by atoms with Gasteiger partial charge >= 0.3 is 0 Å². The fraction of sp³-hybridized carbons (Fsp3) is 0.500. The third-order valence-electron chi connectivity index (χ3n) is 3.94. The Balaban J connectivity index is 2.27. The van der Waals surface area contributed by atoms with Gasteiger partial charge in [-0.1, -0.05) is 6.07 Å². The first-order chi connectivity index (χ1) is 10.5. The Labute approximate surface area is 136 Å². The minimum absolute atomic E-state index is 0.0285. The SMILES string of the molecule is CN(C(=O)c1cccc(S(=O)(=O)N(C)C)c1)[C@H]1CCS(=O)(=O)C1. The van der Waals surface area contributed by atoms with Crippen LogP contribution in [0, 0.1) is 0 Å². The number of carbonyl (C=O) groups excluding carboxylic acids is 1. The van der Waals surface area contributed by atoms with Crippen LogP contribution in [0.5, 0.6) is 0 Å². The van der Waals surface area contributed by atoms with Crippen molar-refractivity contribution in [3.05, 3.63) is 29.8 Å². The van der Waals surface area contributed by atoms with E-state index < -0.39 is 19.9 Å². The minimum atomic E-state index is -3.63. The zero-order valence-electron chi connectivity index (χ0n) is 13.3. The van der Waals surface area contributed by atoms with Gasteiger partial charge in [0.05, 0.1) is 16.4 Å². The first kappa shape index (κ1) is 17.9. The molecule has 0 aliphatic carbocycles.